The van der Waals surface area contributed by atoms with Gasteiger partial charge in [-0.3, -0.25) is 0 Å². The third-order valence-electron chi connectivity index (χ3n) is 14.7. The molecule has 71 heavy (non-hydrogen) atoms. The molecule has 0 aliphatic rings. The standard InChI is InChI=1S/C64H106N4OSi2/c1-9-11-13-15-27-33-39-55-51-65-63(66-52-55)59-43-45-61(57(49-59)41-35-29-23-19-17-21-25-31-37-47-70(3,4)5)69-62-46-44-60(64-67-53-56(54-68-64)40-34-28-16-14-12-10-2)50-58(62)42-36-30-24-20-18-22-26-32-38-48-71(6,7)8/h43-46,49-54H,9-42,47-48H2,1-8H3. The summed E-state index contributed by atoms with van der Waals surface area (Å²) in [6, 6.07) is 16.3. The first-order valence-electron chi connectivity index (χ1n) is 30.0. The van der Waals surface area contributed by atoms with Crippen molar-refractivity contribution in [1.82, 2.24) is 19.9 Å². The van der Waals surface area contributed by atoms with E-state index in [1.54, 1.807) is 0 Å². The van der Waals surface area contributed by atoms with Gasteiger partial charge in [0.2, 0.25) is 0 Å². The number of hydrogen-bond acceptors (Lipinski definition) is 5. The topological polar surface area (TPSA) is 60.8 Å². The van der Waals surface area contributed by atoms with Crippen LogP contribution in [0.25, 0.3) is 22.8 Å². The van der Waals surface area contributed by atoms with Crippen LogP contribution in [0.5, 0.6) is 11.5 Å². The number of hydrogen-bond donors (Lipinski definition) is 0. The second-order valence-corrected chi connectivity index (χ2v) is 35.3. The summed E-state index contributed by atoms with van der Waals surface area (Å²) in [5.41, 5.74) is 7.14. The van der Waals surface area contributed by atoms with Gasteiger partial charge in [0.05, 0.1) is 0 Å². The minimum atomic E-state index is -0.902. The number of nitrogens with zero attached hydrogens (tertiary/aromatic N) is 4. The Bertz CT molecular complexity index is 1810. The van der Waals surface area contributed by atoms with Crippen LogP contribution < -0.4 is 4.74 Å². The van der Waals surface area contributed by atoms with Gasteiger partial charge in [0.25, 0.3) is 0 Å². The fraction of sp³-hybridized carbons (Fsp3) is 0.688. The highest BCUT2D eigenvalue weighted by Crippen LogP contribution is 2.35. The van der Waals surface area contributed by atoms with E-state index in [2.05, 4.69) is 114 Å². The molecular weight excluding hydrogens is 897 g/mol. The van der Waals surface area contributed by atoms with E-state index in [4.69, 9.17) is 24.7 Å². The molecule has 2 aromatic heterocycles. The zero-order valence-electron chi connectivity index (χ0n) is 47.4. The lowest BCUT2D eigenvalue weighted by molar-refractivity contribution is 0.466. The van der Waals surface area contributed by atoms with Crippen molar-refractivity contribution in [2.45, 2.75) is 284 Å². The van der Waals surface area contributed by atoms with Gasteiger partial charge in [-0.15, -0.1) is 0 Å². The van der Waals surface area contributed by atoms with E-state index >= 15 is 0 Å². The monoisotopic (exact) mass is 1000 g/mol. The van der Waals surface area contributed by atoms with Crippen molar-refractivity contribution in [3.05, 3.63) is 83.4 Å². The van der Waals surface area contributed by atoms with Crippen LogP contribution in [0, 0.1) is 0 Å². The first-order chi connectivity index (χ1) is 34.4. The smallest absolute Gasteiger partial charge is 0.159 e. The van der Waals surface area contributed by atoms with Crippen LogP contribution in [0.15, 0.2) is 61.2 Å². The van der Waals surface area contributed by atoms with Gasteiger partial charge in [-0.25, -0.2) is 19.9 Å². The molecule has 0 fully saturated rings. The number of unbranched alkanes of at least 4 members (excludes halogenated alkanes) is 26. The van der Waals surface area contributed by atoms with Gasteiger partial charge in [0, 0.05) is 52.1 Å². The second-order valence-electron chi connectivity index (χ2n) is 24.1. The van der Waals surface area contributed by atoms with Gasteiger partial charge in [-0.1, -0.05) is 232 Å². The number of aryl methyl sites for hydroxylation is 4. The molecule has 0 atom stereocenters. The molecule has 396 valence electrons. The molecule has 0 saturated heterocycles. The second kappa shape index (κ2) is 35.9. The number of aromatic nitrogens is 4. The lowest BCUT2D eigenvalue weighted by Gasteiger charge is -2.17. The maximum atomic E-state index is 7.07. The van der Waals surface area contributed by atoms with Crippen molar-refractivity contribution < 1.29 is 4.74 Å². The fourth-order valence-corrected chi connectivity index (χ4v) is 12.7. The van der Waals surface area contributed by atoms with Crippen LogP contribution in [0.2, 0.25) is 51.4 Å². The summed E-state index contributed by atoms with van der Waals surface area (Å²) in [4.78, 5) is 19.6. The molecule has 4 rings (SSSR count). The average molecular weight is 1000 g/mol. The normalized spacial score (nSPS) is 12.0. The molecule has 0 aliphatic heterocycles. The van der Waals surface area contributed by atoms with Gasteiger partial charge in [-0.05, 0) is 110 Å². The molecular formula is C64H106N4OSi2. The summed E-state index contributed by atoms with van der Waals surface area (Å²) < 4.78 is 7.07. The minimum absolute atomic E-state index is 0.805. The largest absolute Gasteiger partial charge is 0.457 e. The Morgan fingerprint density at radius 1 is 0.338 bits per heavy atom. The Balaban J connectivity index is 1.45. The van der Waals surface area contributed by atoms with Crippen molar-refractivity contribution in [3.63, 3.8) is 0 Å². The maximum absolute atomic E-state index is 7.07. The summed E-state index contributed by atoms with van der Waals surface area (Å²) in [5.74, 6) is 3.53. The summed E-state index contributed by atoms with van der Waals surface area (Å²) in [5, 5.41) is 0. The lowest BCUT2D eigenvalue weighted by atomic mass is 10.00. The fourth-order valence-electron chi connectivity index (χ4n) is 10.0. The van der Waals surface area contributed by atoms with Gasteiger partial charge in [-0.2, -0.15) is 0 Å². The molecule has 0 bridgehead atoms. The quantitative estimate of drug-likeness (QED) is 0.0327. The predicted molar refractivity (Wildman–Crippen MR) is 316 cm³/mol. The third kappa shape index (κ3) is 27.6. The van der Waals surface area contributed by atoms with E-state index in [-0.39, 0.29) is 0 Å². The van der Waals surface area contributed by atoms with Crippen molar-refractivity contribution in [2.24, 2.45) is 0 Å². The van der Waals surface area contributed by atoms with Crippen LogP contribution in [0.1, 0.15) is 229 Å². The molecule has 7 heteroatoms. The van der Waals surface area contributed by atoms with Crippen molar-refractivity contribution in [1.29, 1.82) is 0 Å². The van der Waals surface area contributed by atoms with E-state index < -0.39 is 16.1 Å². The number of ether oxygens (including phenoxy) is 1. The number of benzene rings is 2. The molecule has 2 aromatic carbocycles. The first-order valence-corrected chi connectivity index (χ1v) is 37.4. The molecule has 0 unspecified atom stereocenters. The highest BCUT2D eigenvalue weighted by Gasteiger charge is 2.16. The maximum Gasteiger partial charge on any atom is 0.159 e. The van der Waals surface area contributed by atoms with Gasteiger partial charge in [0.15, 0.2) is 11.6 Å². The van der Waals surface area contributed by atoms with Gasteiger partial charge in [0.1, 0.15) is 11.5 Å². The predicted octanol–water partition coefficient (Wildman–Crippen LogP) is 21.0. The molecule has 0 N–H and O–H groups in total. The average Bonchev–Trinajstić information content (AvgIpc) is 3.35. The highest BCUT2D eigenvalue weighted by atomic mass is 28.3. The molecule has 5 nitrogen and oxygen atoms in total. The Kier molecular flexibility index (Phi) is 30.5. The van der Waals surface area contributed by atoms with E-state index in [0.717, 1.165) is 72.8 Å². The van der Waals surface area contributed by atoms with Gasteiger partial charge >= 0.3 is 0 Å². The highest BCUT2D eigenvalue weighted by molar-refractivity contribution is 6.76. The van der Waals surface area contributed by atoms with Crippen molar-refractivity contribution in [2.75, 3.05) is 0 Å². The minimum Gasteiger partial charge on any atom is -0.457 e. The Morgan fingerprint density at radius 3 is 0.930 bits per heavy atom. The van der Waals surface area contributed by atoms with E-state index in [1.807, 2.05) is 0 Å². The van der Waals surface area contributed by atoms with Crippen LogP contribution in [0.4, 0.5) is 0 Å². The van der Waals surface area contributed by atoms with Gasteiger partial charge < -0.3 is 4.74 Å². The van der Waals surface area contributed by atoms with E-state index in [0.29, 0.717) is 0 Å². The van der Waals surface area contributed by atoms with Crippen LogP contribution >= 0.6 is 0 Å². The Morgan fingerprint density at radius 2 is 0.620 bits per heavy atom. The Hall–Kier alpha value is -3.17. The molecule has 2 heterocycles. The summed E-state index contributed by atoms with van der Waals surface area (Å²) in [6.45, 7) is 19.6. The van der Waals surface area contributed by atoms with Crippen molar-refractivity contribution in [3.8, 4) is 34.3 Å². The van der Waals surface area contributed by atoms with Crippen LogP contribution in [-0.2, 0) is 25.7 Å². The lowest BCUT2D eigenvalue weighted by Crippen LogP contribution is -2.18. The zero-order chi connectivity index (χ0) is 50.8. The molecule has 0 aliphatic carbocycles. The molecule has 0 amide bonds. The zero-order valence-corrected chi connectivity index (χ0v) is 49.4. The van der Waals surface area contributed by atoms with Crippen molar-refractivity contribution >= 4 is 16.1 Å². The van der Waals surface area contributed by atoms with Crippen LogP contribution in [0.3, 0.4) is 0 Å². The SMILES string of the molecule is CCCCCCCCc1cnc(-c2ccc(Oc3ccc(-c4ncc(CCCCCCCC)cn4)cc3CCCCCCCCCCC[Si](C)(C)C)c(CCCCCCCCCCC[Si](C)(C)C)c2)nc1. The molecule has 4 aromatic rings. The van der Waals surface area contributed by atoms with E-state index in [1.165, 1.54) is 214 Å². The molecule has 0 spiro atoms. The third-order valence-corrected chi connectivity index (χ3v) is 18.4. The van der Waals surface area contributed by atoms with E-state index in [9.17, 15) is 0 Å². The summed E-state index contributed by atoms with van der Waals surface area (Å²) in [7, 11) is -1.80. The molecule has 0 saturated carbocycles. The Labute approximate surface area is 439 Å². The summed E-state index contributed by atoms with van der Waals surface area (Å²) >= 11 is 0. The van der Waals surface area contributed by atoms with Crippen LogP contribution in [-0.4, -0.2) is 36.1 Å². The summed E-state index contributed by atoms with van der Waals surface area (Å²) in [6.07, 6.45) is 52.1. The molecule has 0 radical (unpaired) electrons. The first kappa shape index (κ1) is 60.4. The number of rotatable bonds is 42.